The average molecular weight is 481 g/mol. The molecule has 0 aliphatic heterocycles. The molecule has 2 atom stereocenters. The summed E-state index contributed by atoms with van der Waals surface area (Å²) in [5.74, 6) is -0.902. The number of benzene rings is 2. The van der Waals surface area contributed by atoms with Crippen LogP contribution in [0.3, 0.4) is 0 Å². The van der Waals surface area contributed by atoms with Gasteiger partial charge in [-0.3, -0.25) is 9.59 Å². The van der Waals surface area contributed by atoms with Crippen molar-refractivity contribution < 1.29 is 24.2 Å². The molecule has 2 aromatic carbocycles. The summed E-state index contributed by atoms with van der Waals surface area (Å²) in [5.41, 5.74) is 3.47. The van der Waals surface area contributed by atoms with Gasteiger partial charge in [-0.05, 0) is 54.4 Å². The second-order valence-corrected chi connectivity index (χ2v) is 9.39. The molecule has 2 aromatic rings. The molecule has 7 heteroatoms. The van der Waals surface area contributed by atoms with Crippen molar-refractivity contribution in [2.24, 2.45) is 5.92 Å². The average Bonchev–Trinajstić information content (AvgIpc) is 3.18. The zero-order valence-electron chi connectivity index (χ0n) is 20.8. The first-order valence-electron chi connectivity index (χ1n) is 12.4. The summed E-state index contributed by atoms with van der Waals surface area (Å²) in [5, 5.41) is 14.5. The summed E-state index contributed by atoms with van der Waals surface area (Å²) in [7, 11) is 0. The number of nitrogens with one attached hydrogen (secondary N) is 2. The lowest BCUT2D eigenvalue weighted by Crippen LogP contribution is -2.56. The number of ether oxygens (including phenoxy) is 1. The van der Waals surface area contributed by atoms with E-state index in [9.17, 15) is 14.4 Å². The summed E-state index contributed by atoms with van der Waals surface area (Å²) in [4.78, 5) is 36.4. The van der Waals surface area contributed by atoms with Gasteiger partial charge in [0.05, 0.1) is 0 Å². The number of fused-ring (bicyclic) bond motifs is 3. The lowest BCUT2D eigenvalue weighted by molar-refractivity contribution is -0.137. The summed E-state index contributed by atoms with van der Waals surface area (Å²) in [6.07, 6.45) is 2.04. The number of hydrogen-bond donors (Lipinski definition) is 3. The predicted octanol–water partition coefficient (Wildman–Crippen LogP) is 5.09. The zero-order chi connectivity index (χ0) is 25.4. The number of amides is 2. The smallest absolute Gasteiger partial charge is 0.408 e. The molecule has 0 spiro atoms. The van der Waals surface area contributed by atoms with E-state index in [2.05, 4.69) is 34.9 Å². The van der Waals surface area contributed by atoms with Crippen molar-refractivity contribution in [1.82, 2.24) is 10.6 Å². The lowest BCUT2D eigenvalue weighted by atomic mass is 9.95. The number of carboxylic acids is 1. The summed E-state index contributed by atoms with van der Waals surface area (Å²) in [6.45, 7) is 6.15. The Kier molecular flexibility index (Phi) is 8.90. The van der Waals surface area contributed by atoms with Gasteiger partial charge in [-0.2, -0.15) is 0 Å². The van der Waals surface area contributed by atoms with Gasteiger partial charge >= 0.3 is 12.1 Å². The van der Waals surface area contributed by atoms with Gasteiger partial charge in [-0.25, -0.2) is 4.79 Å². The number of rotatable bonds is 12. The van der Waals surface area contributed by atoms with Crippen LogP contribution in [0.25, 0.3) is 11.1 Å². The third-order valence-corrected chi connectivity index (χ3v) is 7.11. The molecule has 0 fully saturated rings. The lowest BCUT2D eigenvalue weighted by Gasteiger charge is -2.28. The Balaban J connectivity index is 1.54. The van der Waals surface area contributed by atoms with E-state index in [1.807, 2.05) is 38.1 Å². The summed E-state index contributed by atoms with van der Waals surface area (Å²) in [6, 6.07) is 16.3. The fourth-order valence-corrected chi connectivity index (χ4v) is 4.63. The molecule has 35 heavy (non-hydrogen) atoms. The van der Waals surface area contributed by atoms with Crippen LogP contribution in [-0.4, -0.2) is 41.8 Å². The van der Waals surface area contributed by atoms with E-state index in [-0.39, 0.29) is 30.8 Å². The number of alkyl carbamates (subject to hydrolysis) is 1. The molecule has 0 radical (unpaired) electrons. The van der Waals surface area contributed by atoms with Crippen molar-refractivity contribution in [2.75, 3.05) is 13.2 Å². The molecule has 0 aromatic heterocycles. The first-order valence-corrected chi connectivity index (χ1v) is 12.4. The minimum Gasteiger partial charge on any atom is -0.481 e. The normalized spacial score (nSPS) is 14.8. The maximum atomic E-state index is 12.9. The number of hydrogen-bond acceptors (Lipinski definition) is 4. The van der Waals surface area contributed by atoms with Crippen LogP contribution in [0.2, 0.25) is 0 Å². The molecule has 2 unspecified atom stereocenters. The van der Waals surface area contributed by atoms with E-state index in [0.717, 1.165) is 28.7 Å². The standard InChI is InChI=1S/C28H36N2O5/c1-4-19(14-15-25(31)32)16-17-29-26(33)28(3,5-2)30-27(34)35-18-24-22-12-8-6-10-20(22)21-11-7-9-13-23(21)24/h6-13,19,24H,4-5,14-18H2,1-3H3,(H,29,33)(H,30,34)(H,31,32). The highest BCUT2D eigenvalue weighted by molar-refractivity contribution is 5.89. The Bertz CT molecular complexity index is 1010. The maximum absolute atomic E-state index is 12.9. The highest BCUT2D eigenvalue weighted by Crippen LogP contribution is 2.44. The van der Waals surface area contributed by atoms with E-state index >= 15 is 0 Å². The number of carboxylic acid groups (broad SMARTS) is 1. The third-order valence-electron chi connectivity index (χ3n) is 7.11. The van der Waals surface area contributed by atoms with Crippen LogP contribution in [0.5, 0.6) is 0 Å². The number of aliphatic carboxylic acids is 1. The van der Waals surface area contributed by atoms with E-state index in [1.165, 1.54) is 0 Å². The Morgan fingerprint density at radius 3 is 2.14 bits per heavy atom. The van der Waals surface area contributed by atoms with Gasteiger partial charge in [0.1, 0.15) is 12.1 Å². The Hall–Kier alpha value is -3.35. The van der Waals surface area contributed by atoms with E-state index in [1.54, 1.807) is 6.92 Å². The van der Waals surface area contributed by atoms with Crippen LogP contribution in [0.15, 0.2) is 48.5 Å². The highest BCUT2D eigenvalue weighted by atomic mass is 16.5. The largest absolute Gasteiger partial charge is 0.481 e. The fraction of sp³-hybridized carbons (Fsp3) is 0.464. The molecule has 0 saturated carbocycles. The van der Waals surface area contributed by atoms with Crippen LogP contribution >= 0.6 is 0 Å². The van der Waals surface area contributed by atoms with Crippen molar-refractivity contribution in [3.05, 3.63) is 59.7 Å². The molecule has 0 bridgehead atoms. The van der Waals surface area contributed by atoms with Gasteiger partial charge < -0.3 is 20.5 Å². The highest BCUT2D eigenvalue weighted by Gasteiger charge is 2.34. The van der Waals surface area contributed by atoms with Gasteiger partial charge in [-0.1, -0.05) is 68.8 Å². The van der Waals surface area contributed by atoms with Crippen molar-refractivity contribution >= 4 is 18.0 Å². The summed E-state index contributed by atoms with van der Waals surface area (Å²) < 4.78 is 5.62. The van der Waals surface area contributed by atoms with E-state index < -0.39 is 17.6 Å². The molecule has 1 aliphatic rings. The Labute approximate surface area is 207 Å². The molecule has 0 heterocycles. The van der Waals surface area contributed by atoms with Crippen molar-refractivity contribution in [3.8, 4) is 11.1 Å². The topological polar surface area (TPSA) is 105 Å². The first-order chi connectivity index (χ1) is 16.8. The molecule has 3 rings (SSSR count). The molecule has 188 valence electrons. The van der Waals surface area contributed by atoms with Gasteiger partial charge in [0, 0.05) is 18.9 Å². The van der Waals surface area contributed by atoms with Crippen LogP contribution in [0, 0.1) is 5.92 Å². The third kappa shape index (κ3) is 6.41. The van der Waals surface area contributed by atoms with Gasteiger partial charge in [0.15, 0.2) is 0 Å². The van der Waals surface area contributed by atoms with E-state index in [4.69, 9.17) is 9.84 Å². The molecule has 1 aliphatic carbocycles. The molecular formula is C28H36N2O5. The van der Waals surface area contributed by atoms with Crippen molar-refractivity contribution in [1.29, 1.82) is 0 Å². The molecule has 7 nitrogen and oxygen atoms in total. The molecule has 3 N–H and O–H groups in total. The van der Waals surface area contributed by atoms with Gasteiger partial charge in [0.25, 0.3) is 0 Å². The summed E-state index contributed by atoms with van der Waals surface area (Å²) >= 11 is 0. The number of carbonyl (C=O) groups is 3. The van der Waals surface area contributed by atoms with Crippen LogP contribution in [0.1, 0.15) is 69.9 Å². The van der Waals surface area contributed by atoms with Crippen LogP contribution in [0.4, 0.5) is 4.79 Å². The molecule has 0 saturated heterocycles. The minimum absolute atomic E-state index is 0.0494. The van der Waals surface area contributed by atoms with Gasteiger partial charge in [-0.15, -0.1) is 0 Å². The second-order valence-electron chi connectivity index (χ2n) is 9.39. The monoisotopic (exact) mass is 480 g/mol. The fourth-order valence-electron chi connectivity index (χ4n) is 4.63. The predicted molar refractivity (Wildman–Crippen MR) is 135 cm³/mol. The zero-order valence-corrected chi connectivity index (χ0v) is 20.8. The Morgan fingerprint density at radius 1 is 1.00 bits per heavy atom. The maximum Gasteiger partial charge on any atom is 0.408 e. The van der Waals surface area contributed by atoms with Crippen LogP contribution < -0.4 is 10.6 Å². The van der Waals surface area contributed by atoms with Crippen molar-refractivity contribution in [2.45, 2.75) is 64.3 Å². The van der Waals surface area contributed by atoms with Crippen molar-refractivity contribution in [3.63, 3.8) is 0 Å². The molecular weight excluding hydrogens is 444 g/mol. The van der Waals surface area contributed by atoms with Gasteiger partial charge in [0.2, 0.25) is 5.91 Å². The Morgan fingerprint density at radius 2 is 1.60 bits per heavy atom. The van der Waals surface area contributed by atoms with Crippen LogP contribution in [-0.2, 0) is 14.3 Å². The second kappa shape index (κ2) is 11.9. The first kappa shape index (κ1) is 26.3. The quantitative estimate of drug-likeness (QED) is 0.392. The minimum atomic E-state index is -1.11. The SMILES string of the molecule is CCC(CCNC(=O)C(C)(CC)NC(=O)OCC1c2ccccc2-c2ccccc21)CCC(=O)O. The molecule has 2 amide bonds. The van der Waals surface area contributed by atoms with E-state index in [0.29, 0.717) is 25.8 Å². The number of carbonyl (C=O) groups excluding carboxylic acids is 2.